The summed E-state index contributed by atoms with van der Waals surface area (Å²) in [4.78, 5) is 7.83. The Bertz CT molecular complexity index is 306. The summed E-state index contributed by atoms with van der Waals surface area (Å²) in [5, 5.41) is 11.7. The minimum Gasteiger partial charge on any atom is -0.490 e. The number of nitrogens with two attached hydrogens (primary N) is 1. The van der Waals surface area contributed by atoms with E-state index < -0.39 is 0 Å². The Morgan fingerprint density at radius 1 is 1.47 bits per heavy atom. The van der Waals surface area contributed by atoms with Gasteiger partial charge in [-0.2, -0.15) is 0 Å². The van der Waals surface area contributed by atoms with E-state index in [4.69, 9.17) is 15.6 Å². The highest BCUT2D eigenvalue weighted by Crippen LogP contribution is 2.25. The van der Waals surface area contributed by atoms with Crippen molar-refractivity contribution in [3.05, 3.63) is 6.33 Å². The second kappa shape index (κ2) is 6.02. The fourth-order valence-electron chi connectivity index (χ4n) is 1.16. The molecule has 0 unspecified atom stereocenters. The molecule has 0 radical (unpaired) electrons. The van der Waals surface area contributed by atoms with Crippen molar-refractivity contribution >= 4 is 11.6 Å². The average molecular weight is 212 g/mol. The SMILES string of the molecule is COc1c(N)ncnc1NCCCCO. The van der Waals surface area contributed by atoms with E-state index in [9.17, 15) is 0 Å². The third kappa shape index (κ3) is 3.25. The minimum absolute atomic E-state index is 0.199. The molecule has 1 aromatic heterocycles. The number of aliphatic hydroxyl groups is 1. The second-order valence-corrected chi connectivity index (χ2v) is 3.00. The summed E-state index contributed by atoms with van der Waals surface area (Å²) in [5.41, 5.74) is 5.61. The van der Waals surface area contributed by atoms with Gasteiger partial charge in [-0.3, -0.25) is 0 Å². The number of methoxy groups -OCH3 is 1. The van der Waals surface area contributed by atoms with Crippen molar-refractivity contribution in [3.8, 4) is 5.75 Å². The Kier molecular flexibility index (Phi) is 4.62. The lowest BCUT2D eigenvalue weighted by molar-refractivity contribution is 0.286. The monoisotopic (exact) mass is 212 g/mol. The van der Waals surface area contributed by atoms with Gasteiger partial charge in [-0.1, -0.05) is 0 Å². The number of aliphatic hydroxyl groups excluding tert-OH is 1. The zero-order valence-corrected chi connectivity index (χ0v) is 8.73. The number of hydrogen-bond donors (Lipinski definition) is 3. The number of hydrogen-bond acceptors (Lipinski definition) is 6. The molecule has 6 heteroatoms. The van der Waals surface area contributed by atoms with Gasteiger partial charge in [0.15, 0.2) is 11.6 Å². The molecule has 0 fully saturated rings. The Labute approximate surface area is 88.5 Å². The first-order valence-corrected chi connectivity index (χ1v) is 4.78. The highest BCUT2D eigenvalue weighted by molar-refractivity contribution is 5.61. The normalized spacial score (nSPS) is 10.0. The van der Waals surface area contributed by atoms with Crippen molar-refractivity contribution < 1.29 is 9.84 Å². The molecule has 0 spiro atoms. The van der Waals surface area contributed by atoms with E-state index in [0.29, 0.717) is 23.9 Å². The van der Waals surface area contributed by atoms with E-state index in [1.165, 1.54) is 13.4 Å². The molecule has 0 amide bonds. The Morgan fingerprint density at radius 2 is 2.27 bits per heavy atom. The molecule has 0 saturated heterocycles. The topological polar surface area (TPSA) is 93.3 Å². The number of unbranched alkanes of at least 4 members (excludes halogenated alkanes) is 1. The number of aromatic nitrogens is 2. The van der Waals surface area contributed by atoms with Gasteiger partial charge in [0, 0.05) is 13.2 Å². The second-order valence-electron chi connectivity index (χ2n) is 3.00. The van der Waals surface area contributed by atoms with Gasteiger partial charge in [0.05, 0.1) is 7.11 Å². The molecule has 15 heavy (non-hydrogen) atoms. The number of ether oxygens (including phenoxy) is 1. The zero-order chi connectivity index (χ0) is 11.1. The van der Waals surface area contributed by atoms with Gasteiger partial charge < -0.3 is 20.9 Å². The summed E-state index contributed by atoms with van der Waals surface area (Å²) < 4.78 is 5.07. The molecule has 0 saturated carbocycles. The van der Waals surface area contributed by atoms with Crippen LogP contribution in [0, 0.1) is 0 Å². The number of anilines is 2. The Morgan fingerprint density at radius 3 is 2.93 bits per heavy atom. The van der Waals surface area contributed by atoms with E-state index in [1.54, 1.807) is 0 Å². The Balaban J connectivity index is 2.56. The number of nitrogens with zero attached hydrogens (tertiary/aromatic N) is 2. The maximum absolute atomic E-state index is 8.61. The first kappa shape index (κ1) is 11.5. The lowest BCUT2D eigenvalue weighted by Gasteiger charge is -2.10. The third-order valence-corrected chi connectivity index (χ3v) is 1.91. The first-order chi connectivity index (χ1) is 7.29. The minimum atomic E-state index is 0.199. The summed E-state index contributed by atoms with van der Waals surface area (Å²) in [6, 6.07) is 0. The van der Waals surface area contributed by atoms with E-state index in [1.807, 2.05) is 0 Å². The van der Waals surface area contributed by atoms with Gasteiger partial charge in [-0.25, -0.2) is 9.97 Å². The van der Waals surface area contributed by atoms with Gasteiger partial charge >= 0.3 is 0 Å². The maximum Gasteiger partial charge on any atom is 0.203 e. The van der Waals surface area contributed by atoms with Gasteiger partial charge in [0.25, 0.3) is 0 Å². The van der Waals surface area contributed by atoms with Crippen molar-refractivity contribution in [2.24, 2.45) is 0 Å². The maximum atomic E-state index is 8.61. The summed E-state index contributed by atoms with van der Waals surface area (Å²) in [7, 11) is 1.52. The van der Waals surface area contributed by atoms with Crippen LogP contribution in [0.15, 0.2) is 6.33 Å². The molecule has 0 aliphatic heterocycles. The van der Waals surface area contributed by atoms with E-state index >= 15 is 0 Å². The summed E-state index contributed by atoms with van der Waals surface area (Å²) >= 11 is 0. The molecule has 1 rings (SSSR count). The number of nitrogens with one attached hydrogen (secondary N) is 1. The molecule has 1 aromatic rings. The van der Waals surface area contributed by atoms with Crippen LogP contribution in [0.3, 0.4) is 0 Å². The predicted octanol–water partition coefficient (Wildman–Crippen LogP) is 0.252. The zero-order valence-electron chi connectivity index (χ0n) is 8.73. The van der Waals surface area contributed by atoms with Crippen LogP contribution in [0.5, 0.6) is 5.75 Å². The van der Waals surface area contributed by atoms with E-state index in [-0.39, 0.29) is 6.61 Å². The number of nitrogen functional groups attached to an aromatic ring is 1. The van der Waals surface area contributed by atoms with Crippen molar-refractivity contribution in [2.45, 2.75) is 12.8 Å². The molecule has 0 bridgehead atoms. The molecular weight excluding hydrogens is 196 g/mol. The standard InChI is InChI=1S/C9H16N4O2/c1-15-7-8(10)12-6-13-9(7)11-4-2-3-5-14/h6,14H,2-5H2,1H3,(H3,10,11,12,13). The Hall–Kier alpha value is -1.56. The van der Waals surface area contributed by atoms with Crippen LogP contribution in [0.1, 0.15) is 12.8 Å². The van der Waals surface area contributed by atoms with Crippen molar-refractivity contribution in [2.75, 3.05) is 31.3 Å². The van der Waals surface area contributed by atoms with Crippen LogP contribution >= 0.6 is 0 Å². The van der Waals surface area contributed by atoms with Crippen LogP contribution in [-0.2, 0) is 0 Å². The fraction of sp³-hybridized carbons (Fsp3) is 0.556. The van der Waals surface area contributed by atoms with Crippen molar-refractivity contribution in [3.63, 3.8) is 0 Å². The van der Waals surface area contributed by atoms with Crippen LogP contribution in [0.2, 0.25) is 0 Å². The molecular formula is C9H16N4O2. The molecule has 0 aliphatic carbocycles. The highest BCUT2D eigenvalue weighted by Gasteiger charge is 2.07. The highest BCUT2D eigenvalue weighted by atomic mass is 16.5. The van der Waals surface area contributed by atoms with Gasteiger partial charge in [0.2, 0.25) is 5.75 Å². The summed E-state index contributed by atoms with van der Waals surface area (Å²) in [6.45, 7) is 0.915. The molecule has 4 N–H and O–H groups in total. The average Bonchev–Trinajstić information content (AvgIpc) is 2.24. The smallest absolute Gasteiger partial charge is 0.203 e. The number of rotatable bonds is 6. The quantitative estimate of drug-likeness (QED) is 0.585. The molecule has 6 nitrogen and oxygen atoms in total. The van der Waals surface area contributed by atoms with E-state index in [0.717, 1.165) is 12.8 Å². The van der Waals surface area contributed by atoms with Gasteiger partial charge in [-0.15, -0.1) is 0 Å². The van der Waals surface area contributed by atoms with Gasteiger partial charge in [-0.05, 0) is 12.8 Å². The van der Waals surface area contributed by atoms with Crippen LogP contribution < -0.4 is 15.8 Å². The third-order valence-electron chi connectivity index (χ3n) is 1.91. The largest absolute Gasteiger partial charge is 0.490 e. The fourth-order valence-corrected chi connectivity index (χ4v) is 1.16. The first-order valence-electron chi connectivity index (χ1n) is 4.78. The summed E-state index contributed by atoms with van der Waals surface area (Å²) in [5.74, 6) is 1.36. The van der Waals surface area contributed by atoms with E-state index in [2.05, 4.69) is 15.3 Å². The lowest BCUT2D eigenvalue weighted by atomic mass is 10.3. The predicted molar refractivity (Wildman–Crippen MR) is 57.8 cm³/mol. The van der Waals surface area contributed by atoms with Crippen LogP contribution in [0.4, 0.5) is 11.6 Å². The molecule has 0 atom stereocenters. The van der Waals surface area contributed by atoms with Crippen LogP contribution in [-0.4, -0.2) is 35.3 Å². The summed E-state index contributed by atoms with van der Waals surface area (Å²) in [6.07, 6.45) is 3.01. The van der Waals surface area contributed by atoms with Gasteiger partial charge in [0.1, 0.15) is 6.33 Å². The lowest BCUT2D eigenvalue weighted by Crippen LogP contribution is -2.08. The molecule has 0 aromatic carbocycles. The molecule has 0 aliphatic rings. The van der Waals surface area contributed by atoms with Crippen molar-refractivity contribution in [1.29, 1.82) is 0 Å². The van der Waals surface area contributed by atoms with Crippen LogP contribution in [0.25, 0.3) is 0 Å². The van der Waals surface area contributed by atoms with Crippen molar-refractivity contribution in [1.82, 2.24) is 9.97 Å². The molecule has 1 heterocycles. The molecule has 84 valence electrons.